The van der Waals surface area contributed by atoms with E-state index in [1.807, 2.05) is 36.4 Å². The van der Waals surface area contributed by atoms with Crippen molar-refractivity contribution in [2.45, 2.75) is 63.9 Å². The predicted molar refractivity (Wildman–Crippen MR) is 172 cm³/mol. The Labute approximate surface area is 265 Å². The van der Waals surface area contributed by atoms with Gasteiger partial charge < -0.3 is 34.3 Å². The van der Waals surface area contributed by atoms with E-state index in [4.69, 9.17) is 36.1 Å². The Morgan fingerprint density at radius 1 is 1.24 bits per heavy atom. The van der Waals surface area contributed by atoms with Crippen molar-refractivity contribution in [1.82, 2.24) is 24.6 Å². The second kappa shape index (κ2) is 12.7. The van der Waals surface area contributed by atoms with Gasteiger partial charge in [-0.1, -0.05) is 36.4 Å². The molecule has 0 amide bonds. The molecule has 4 N–H and O–H groups in total. The SMILES string of the molecule is CC(C)OC(=O)[C@@H](C)N[P@](=S)(OC[C@H]1O[C@@H](n2cnc3c(N(C)C)nc(N)nc32)[C@](C)(F)[C@@H]1O)Oc1cccc2ccccc12. The second-order valence-electron chi connectivity index (χ2n) is 11.4. The average Bonchev–Trinajstić information content (AvgIpc) is 3.48. The summed E-state index contributed by atoms with van der Waals surface area (Å²) in [5.41, 5.74) is 4.25. The van der Waals surface area contributed by atoms with E-state index >= 15 is 4.39 Å². The minimum absolute atomic E-state index is 0.0330. The molecule has 1 aliphatic heterocycles. The van der Waals surface area contributed by atoms with Crippen LogP contribution >= 0.6 is 6.64 Å². The molecule has 1 aliphatic rings. The number of nitrogens with one attached hydrogen (secondary N) is 1. The van der Waals surface area contributed by atoms with Gasteiger partial charge in [0.2, 0.25) is 5.95 Å². The number of ether oxygens (including phenoxy) is 2. The van der Waals surface area contributed by atoms with Crippen LogP contribution in [-0.2, 0) is 30.6 Å². The third-order valence-corrected chi connectivity index (χ3v) is 9.73. The summed E-state index contributed by atoms with van der Waals surface area (Å²) in [7, 11) is 3.54. The third kappa shape index (κ3) is 6.74. The number of aliphatic hydroxyl groups is 1. The fraction of sp³-hybridized carbons (Fsp3) is 0.448. The van der Waals surface area contributed by atoms with E-state index in [0.717, 1.165) is 10.8 Å². The van der Waals surface area contributed by atoms with Crippen molar-refractivity contribution in [2.75, 3.05) is 31.3 Å². The number of nitrogens with two attached hydrogens (primary N) is 1. The largest absolute Gasteiger partial charge is 0.462 e. The van der Waals surface area contributed by atoms with E-state index in [2.05, 4.69) is 20.0 Å². The molecule has 1 saturated heterocycles. The Bertz CT molecular complexity index is 1750. The van der Waals surface area contributed by atoms with Gasteiger partial charge in [0.25, 0.3) is 0 Å². The maximum Gasteiger partial charge on any atom is 0.323 e. The highest BCUT2D eigenvalue weighted by Crippen LogP contribution is 2.49. The lowest BCUT2D eigenvalue weighted by molar-refractivity contribution is -0.149. The highest BCUT2D eigenvalue weighted by atomic mass is 32.5. The highest BCUT2D eigenvalue weighted by Gasteiger charge is 2.56. The third-order valence-electron chi connectivity index (χ3n) is 7.25. The first-order valence-electron chi connectivity index (χ1n) is 14.3. The number of esters is 1. The molecule has 0 spiro atoms. The lowest BCUT2D eigenvalue weighted by Gasteiger charge is -2.28. The van der Waals surface area contributed by atoms with Gasteiger partial charge >= 0.3 is 12.6 Å². The van der Waals surface area contributed by atoms with Crippen molar-refractivity contribution in [1.29, 1.82) is 0 Å². The summed E-state index contributed by atoms with van der Waals surface area (Å²) in [6.45, 7) is 2.34. The quantitative estimate of drug-likeness (QED) is 0.157. The van der Waals surface area contributed by atoms with Crippen LogP contribution in [0.1, 0.15) is 33.9 Å². The van der Waals surface area contributed by atoms with E-state index in [9.17, 15) is 9.90 Å². The molecule has 6 atom stereocenters. The van der Waals surface area contributed by atoms with Crippen LogP contribution in [0.5, 0.6) is 5.75 Å². The Balaban J connectivity index is 1.42. The molecule has 2 aromatic heterocycles. The van der Waals surface area contributed by atoms with E-state index in [0.29, 0.717) is 17.1 Å². The van der Waals surface area contributed by atoms with Crippen LogP contribution in [-0.4, -0.2) is 81.3 Å². The molecule has 0 bridgehead atoms. The fourth-order valence-electron chi connectivity index (χ4n) is 5.04. The molecule has 1 fully saturated rings. The zero-order valence-electron chi connectivity index (χ0n) is 25.7. The highest BCUT2D eigenvalue weighted by molar-refractivity contribution is 8.09. The summed E-state index contributed by atoms with van der Waals surface area (Å²) in [5.74, 6) is 0.281. The standard InChI is InChI=1S/C29H37FN7O6PS/c1-16(2)41-26(39)17(3)35-44(45,43-20-13-9-11-18-10-7-8-12-19(18)20)40-14-21-23(38)29(4,30)27(42-21)37-15-32-22-24(36(5)6)33-28(31)34-25(22)37/h7-13,15-17,21,23,27,38H,14H2,1-6H3,(H,35,45)(H2,31,33,34)/t17-,21-,23-,27-,29-,44+/m1/s1. The van der Waals surface area contributed by atoms with Crippen LogP contribution in [0.25, 0.3) is 21.9 Å². The summed E-state index contributed by atoms with van der Waals surface area (Å²) in [5, 5.41) is 15.8. The van der Waals surface area contributed by atoms with Crippen molar-refractivity contribution in [3.05, 3.63) is 48.8 Å². The summed E-state index contributed by atoms with van der Waals surface area (Å²) in [6, 6.07) is 12.1. The number of nitrogens with zero attached hydrogens (tertiary/aromatic N) is 5. The number of benzene rings is 2. The number of aliphatic hydroxyl groups excluding tert-OH is 1. The van der Waals surface area contributed by atoms with Gasteiger partial charge in [0.05, 0.1) is 19.0 Å². The molecular weight excluding hydrogens is 624 g/mol. The number of aromatic nitrogens is 4. The zero-order chi connectivity index (χ0) is 32.7. The van der Waals surface area contributed by atoms with Gasteiger partial charge in [0.1, 0.15) is 24.0 Å². The lowest BCUT2D eigenvalue weighted by Crippen LogP contribution is -2.41. The van der Waals surface area contributed by atoms with Crippen LogP contribution in [0.3, 0.4) is 0 Å². The Morgan fingerprint density at radius 2 is 1.96 bits per heavy atom. The molecule has 242 valence electrons. The van der Waals surface area contributed by atoms with Crippen molar-refractivity contribution in [3.63, 3.8) is 0 Å². The van der Waals surface area contributed by atoms with Crippen molar-refractivity contribution in [2.24, 2.45) is 0 Å². The molecule has 2 aromatic carbocycles. The molecule has 16 heteroatoms. The molecule has 0 radical (unpaired) electrons. The van der Waals surface area contributed by atoms with Crippen LogP contribution in [0, 0.1) is 0 Å². The van der Waals surface area contributed by atoms with E-state index in [1.165, 1.54) is 17.8 Å². The van der Waals surface area contributed by atoms with Crippen molar-refractivity contribution < 1.29 is 32.8 Å². The first-order valence-corrected chi connectivity index (χ1v) is 16.9. The van der Waals surface area contributed by atoms with Crippen molar-refractivity contribution in [3.8, 4) is 5.75 Å². The molecule has 13 nitrogen and oxygen atoms in total. The number of carbonyl (C=O) groups excluding carboxylic acids is 1. The molecule has 4 aromatic rings. The zero-order valence-corrected chi connectivity index (χ0v) is 27.5. The van der Waals surface area contributed by atoms with E-state index < -0.39 is 42.8 Å². The summed E-state index contributed by atoms with van der Waals surface area (Å²) < 4.78 is 41.5. The topological polar surface area (TPSA) is 159 Å². The summed E-state index contributed by atoms with van der Waals surface area (Å²) in [6.07, 6.45) is -3.17. The normalized spacial score (nSPS) is 23.7. The number of nitrogen functional groups attached to an aromatic ring is 1. The number of halogens is 1. The number of hydrogen-bond acceptors (Lipinski definition) is 12. The van der Waals surface area contributed by atoms with Gasteiger partial charge in [-0.25, -0.2) is 14.5 Å². The molecule has 3 heterocycles. The van der Waals surface area contributed by atoms with Gasteiger partial charge in [0, 0.05) is 19.5 Å². The number of hydrogen-bond donors (Lipinski definition) is 3. The van der Waals surface area contributed by atoms with Gasteiger partial charge in [-0.2, -0.15) is 9.97 Å². The van der Waals surface area contributed by atoms with Crippen molar-refractivity contribution >= 4 is 58.1 Å². The lowest BCUT2D eigenvalue weighted by atomic mass is 9.98. The van der Waals surface area contributed by atoms with E-state index in [1.54, 1.807) is 45.8 Å². The average molecular weight is 662 g/mol. The van der Waals surface area contributed by atoms with Gasteiger partial charge in [0.15, 0.2) is 28.9 Å². The smallest absolute Gasteiger partial charge is 0.323 e. The number of alkyl halides is 1. The molecule has 45 heavy (non-hydrogen) atoms. The van der Waals surface area contributed by atoms with Gasteiger partial charge in [-0.05, 0) is 51.0 Å². The number of carbonyl (C=O) groups is 1. The Morgan fingerprint density at radius 3 is 2.67 bits per heavy atom. The Kier molecular flexibility index (Phi) is 9.32. The van der Waals surface area contributed by atoms with Crippen LogP contribution in [0.2, 0.25) is 0 Å². The number of rotatable bonds is 11. The molecule has 5 rings (SSSR count). The number of imidazole rings is 1. The first-order chi connectivity index (χ1) is 21.2. The second-order valence-corrected chi connectivity index (χ2v) is 14.6. The minimum Gasteiger partial charge on any atom is -0.462 e. The first kappa shape index (κ1) is 32.9. The van der Waals surface area contributed by atoms with Gasteiger partial charge in [-0.15, -0.1) is 0 Å². The predicted octanol–water partition coefficient (Wildman–Crippen LogP) is 3.86. The number of anilines is 2. The summed E-state index contributed by atoms with van der Waals surface area (Å²) >= 11 is 5.88. The van der Waals surface area contributed by atoms with E-state index in [-0.39, 0.29) is 24.3 Å². The molecule has 0 saturated carbocycles. The van der Waals surface area contributed by atoms with Crippen LogP contribution in [0.15, 0.2) is 48.8 Å². The molecule has 0 aliphatic carbocycles. The maximum absolute atomic E-state index is 16.3. The Hall–Kier alpha value is -3.46. The van der Waals surface area contributed by atoms with Crippen LogP contribution in [0.4, 0.5) is 16.2 Å². The fourth-order valence-corrected chi connectivity index (χ4v) is 7.46. The molecule has 0 unspecified atom stereocenters. The number of fused-ring (bicyclic) bond motifs is 2. The minimum atomic E-state index is -3.56. The maximum atomic E-state index is 16.3. The monoisotopic (exact) mass is 661 g/mol. The molecular formula is C29H37FN7O6PS. The van der Waals surface area contributed by atoms with Crippen LogP contribution < -0.4 is 20.2 Å². The summed E-state index contributed by atoms with van der Waals surface area (Å²) in [4.78, 5) is 27.2. The van der Waals surface area contributed by atoms with Gasteiger partial charge in [-0.3, -0.25) is 9.36 Å².